The summed E-state index contributed by atoms with van der Waals surface area (Å²) >= 11 is 0. The third kappa shape index (κ3) is 3.88. The number of benzene rings is 1. The minimum absolute atomic E-state index is 0.341. The Morgan fingerprint density at radius 1 is 1.15 bits per heavy atom. The van der Waals surface area contributed by atoms with Crippen LogP contribution in [0.15, 0.2) is 29.4 Å². The van der Waals surface area contributed by atoms with Gasteiger partial charge in [-0.3, -0.25) is 9.59 Å². The Morgan fingerprint density at radius 3 is 2.45 bits per heavy atom. The Labute approximate surface area is 116 Å². The number of nitrogens with one attached hydrogen (secondary N) is 1. The zero-order chi connectivity index (χ0) is 14.4. The first-order valence-electron chi connectivity index (χ1n) is 6.55. The summed E-state index contributed by atoms with van der Waals surface area (Å²) in [6.07, 6.45) is 4.31. The average Bonchev–Trinajstić information content (AvgIpc) is 2.49. The minimum atomic E-state index is -0.745. The fourth-order valence-electron chi connectivity index (χ4n) is 2.00. The van der Waals surface area contributed by atoms with E-state index in [4.69, 9.17) is 0 Å². The van der Waals surface area contributed by atoms with Gasteiger partial charge in [-0.25, -0.2) is 9.82 Å². The molecule has 2 rings (SSSR count). The number of piperidine rings is 1. The van der Waals surface area contributed by atoms with E-state index in [1.165, 1.54) is 35.4 Å². The lowest BCUT2D eigenvalue weighted by Gasteiger charge is -2.25. The molecule has 1 aliphatic rings. The Hall–Kier alpha value is -2.24. The summed E-state index contributed by atoms with van der Waals surface area (Å²) in [7, 11) is 0. The van der Waals surface area contributed by atoms with Crippen LogP contribution in [0.3, 0.4) is 0 Å². The highest BCUT2D eigenvalue weighted by Crippen LogP contribution is 2.08. The molecule has 0 aliphatic carbocycles. The quantitative estimate of drug-likeness (QED) is 0.503. The molecule has 1 aromatic carbocycles. The first kappa shape index (κ1) is 14.2. The molecule has 2 amide bonds. The largest absolute Gasteiger partial charge is 0.334 e. The normalized spacial score (nSPS) is 15.3. The molecule has 1 aliphatic heterocycles. The van der Waals surface area contributed by atoms with Gasteiger partial charge in [0.2, 0.25) is 0 Å². The van der Waals surface area contributed by atoms with E-state index in [2.05, 4.69) is 10.5 Å². The zero-order valence-electron chi connectivity index (χ0n) is 11.0. The van der Waals surface area contributed by atoms with Gasteiger partial charge in [0.05, 0.1) is 6.21 Å². The molecule has 0 saturated carbocycles. The maximum absolute atomic E-state index is 12.7. The van der Waals surface area contributed by atoms with Crippen LogP contribution in [-0.2, 0) is 9.59 Å². The van der Waals surface area contributed by atoms with E-state index in [9.17, 15) is 14.0 Å². The van der Waals surface area contributed by atoms with Crippen LogP contribution in [0.5, 0.6) is 0 Å². The number of likely N-dealkylation sites (tertiary alicyclic amines) is 1. The molecule has 0 atom stereocenters. The molecular formula is C14H16FN3O2. The van der Waals surface area contributed by atoms with Crippen molar-refractivity contribution in [2.45, 2.75) is 19.3 Å². The number of carbonyl (C=O) groups excluding carboxylic acids is 2. The van der Waals surface area contributed by atoms with Crippen LogP contribution in [0.1, 0.15) is 24.8 Å². The third-order valence-electron chi connectivity index (χ3n) is 3.09. The van der Waals surface area contributed by atoms with Crippen LogP contribution in [0.25, 0.3) is 0 Å². The molecule has 0 unspecified atom stereocenters. The summed E-state index contributed by atoms with van der Waals surface area (Å²) in [6, 6.07) is 5.64. The van der Waals surface area contributed by atoms with Crippen LogP contribution in [0.2, 0.25) is 0 Å². The standard InChI is InChI=1S/C14H16FN3O2/c15-12-6-4-11(5-7-12)10-16-17-13(19)14(20)18-8-2-1-3-9-18/h4-7,10H,1-3,8-9H2,(H,17,19)/b16-10+. The van der Waals surface area contributed by atoms with Gasteiger partial charge < -0.3 is 4.90 Å². The van der Waals surface area contributed by atoms with Crippen molar-refractivity contribution in [3.8, 4) is 0 Å². The summed E-state index contributed by atoms with van der Waals surface area (Å²) in [5, 5.41) is 3.69. The lowest BCUT2D eigenvalue weighted by atomic mass is 10.1. The van der Waals surface area contributed by atoms with E-state index in [0.29, 0.717) is 18.7 Å². The maximum atomic E-state index is 12.7. The molecule has 0 spiro atoms. The van der Waals surface area contributed by atoms with Crippen molar-refractivity contribution < 1.29 is 14.0 Å². The van der Waals surface area contributed by atoms with Gasteiger partial charge in [-0.2, -0.15) is 5.10 Å². The lowest BCUT2D eigenvalue weighted by molar-refractivity contribution is -0.146. The van der Waals surface area contributed by atoms with Crippen molar-refractivity contribution in [3.63, 3.8) is 0 Å². The number of hydrogen-bond donors (Lipinski definition) is 1. The summed E-state index contributed by atoms with van der Waals surface area (Å²) in [5.41, 5.74) is 2.82. The summed E-state index contributed by atoms with van der Waals surface area (Å²) in [5.74, 6) is -1.64. The van der Waals surface area contributed by atoms with Gasteiger partial charge in [0.1, 0.15) is 5.82 Å². The Morgan fingerprint density at radius 2 is 1.80 bits per heavy atom. The monoisotopic (exact) mass is 277 g/mol. The third-order valence-corrected chi connectivity index (χ3v) is 3.09. The van der Waals surface area contributed by atoms with Crippen molar-refractivity contribution in [2.75, 3.05) is 13.1 Å². The fraction of sp³-hybridized carbons (Fsp3) is 0.357. The molecular weight excluding hydrogens is 261 g/mol. The molecule has 1 saturated heterocycles. The molecule has 1 N–H and O–H groups in total. The molecule has 1 fully saturated rings. The number of hydrogen-bond acceptors (Lipinski definition) is 3. The van der Waals surface area contributed by atoms with E-state index < -0.39 is 11.8 Å². The minimum Gasteiger partial charge on any atom is -0.334 e. The van der Waals surface area contributed by atoms with Crippen molar-refractivity contribution in [2.24, 2.45) is 5.10 Å². The fourth-order valence-corrected chi connectivity index (χ4v) is 2.00. The zero-order valence-corrected chi connectivity index (χ0v) is 11.0. The molecule has 6 heteroatoms. The van der Waals surface area contributed by atoms with Gasteiger partial charge in [0, 0.05) is 13.1 Å². The first-order valence-corrected chi connectivity index (χ1v) is 6.55. The number of nitrogens with zero attached hydrogens (tertiary/aromatic N) is 2. The number of amides is 2. The van der Waals surface area contributed by atoms with Crippen molar-refractivity contribution in [1.82, 2.24) is 10.3 Å². The number of halogens is 1. The molecule has 0 bridgehead atoms. The molecule has 5 nitrogen and oxygen atoms in total. The van der Waals surface area contributed by atoms with Crippen molar-refractivity contribution >= 4 is 18.0 Å². The topological polar surface area (TPSA) is 61.8 Å². The molecule has 0 radical (unpaired) electrons. The van der Waals surface area contributed by atoms with Crippen molar-refractivity contribution in [3.05, 3.63) is 35.6 Å². The SMILES string of the molecule is O=C(N/N=C/c1ccc(F)cc1)C(=O)N1CCCCC1. The summed E-state index contributed by atoms with van der Waals surface area (Å²) < 4.78 is 12.7. The van der Waals surface area contributed by atoms with Gasteiger partial charge in [-0.15, -0.1) is 0 Å². The van der Waals surface area contributed by atoms with Gasteiger partial charge in [-0.05, 0) is 37.0 Å². The van der Waals surface area contributed by atoms with Crippen molar-refractivity contribution in [1.29, 1.82) is 0 Å². The Balaban J connectivity index is 1.84. The van der Waals surface area contributed by atoms with E-state index >= 15 is 0 Å². The number of rotatable bonds is 2. The van der Waals surface area contributed by atoms with Crippen LogP contribution >= 0.6 is 0 Å². The molecule has 1 heterocycles. The highest BCUT2D eigenvalue weighted by molar-refractivity contribution is 6.35. The predicted octanol–water partition coefficient (Wildman–Crippen LogP) is 1.29. The number of hydrazone groups is 1. The van der Waals surface area contributed by atoms with Gasteiger partial charge in [0.25, 0.3) is 0 Å². The molecule has 0 aromatic heterocycles. The summed E-state index contributed by atoms with van der Waals surface area (Å²) in [6.45, 7) is 1.24. The predicted molar refractivity (Wildman–Crippen MR) is 72.6 cm³/mol. The van der Waals surface area contributed by atoms with E-state index in [1.807, 2.05) is 0 Å². The van der Waals surface area contributed by atoms with E-state index in [0.717, 1.165) is 19.3 Å². The van der Waals surface area contributed by atoms with E-state index in [-0.39, 0.29) is 5.82 Å². The average molecular weight is 277 g/mol. The molecule has 106 valence electrons. The second kappa shape index (κ2) is 6.79. The van der Waals surface area contributed by atoms with Crippen LogP contribution in [-0.4, -0.2) is 36.0 Å². The Kier molecular flexibility index (Phi) is 4.81. The summed E-state index contributed by atoms with van der Waals surface area (Å²) in [4.78, 5) is 24.9. The van der Waals surface area contributed by atoms with Crippen LogP contribution in [0, 0.1) is 5.82 Å². The van der Waals surface area contributed by atoms with E-state index in [1.54, 1.807) is 0 Å². The molecule has 20 heavy (non-hydrogen) atoms. The maximum Gasteiger partial charge on any atom is 0.329 e. The second-order valence-electron chi connectivity index (χ2n) is 4.60. The number of carbonyl (C=O) groups is 2. The first-order chi connectivity index (χ1) is 9.66. The van der Waals surface area contributed by atoms with Crippen LogP contribution in [0.4, 0.5) is 4.39 Å². The highest BCUT2D eigenvalue weighted by Gasteiger charge is 2.22. The van der Waals surface area contributed by atoms with Gasteiger partial charge >= 0.3 is 11.8 Å². The molecule has 1 aromatic rings. The Bertz CT molecular complexity index is 508. The van der Waals surface area contributed by atoms with Gasteiger partial charge in [0.15, 0.2) is 0 Å². The second-order valence-corrected chi connectivity index (χ2v) is 4.60. The van der Waals surface area contributed by atoms with Crippen LogP contribution < -0.4 is 5.43 Å². The smallest absolute Gasteiger partial charge is 0.329 e. The van der Waals surface area contributed by atoms with Gasteiger partial charge in [-0.1, -0.05) is 12.1 Å². The highest BCUT2D eigenvalue weighted by atomic mass is 19.1. The lowest BCUT2D eigenvalue weighted by Crippen LogP contribution is -2.43.